The van der Waals surface area contributed by atoms with E-state index < -0.39 is 0 Å². The second-order valence-electron chi connectivity index (χ2n) is 3.11. The van der Waals surface area contributed by atoms with E-state index in [9.17, 15) is 0 Å². The molecule has 0 atom stereocenters. The highest BCUT2D eigenvalue weighted by Gasteiger charge is 2.02. The number of halogens is 2. The Labute approximate surface area is 97.4 Å². The lowest BCUT2D eigenvalue weighted by Crippen LogP contribution is -3.00. The van der Waals surface area contributed by atoms with Gasteiger partial charge in [-0.25, -0.2) is 0 Å². The molecular formula is C10H12BrClN2. The van der Waals surface area contributed by atoms with Gasteiger partial charge in [-0.05, 0) is 17.7 Å². The van der Waals surface area contributed by atoms with E-state index in [1.165, 1.54) is 16.5 Å². The van der Waals surface area contributed by atoms with Crippen LogP contribution in [0.1, 0.15) is 5.56 Å². The molecule has 0 aliphatic heterocycles. The van der Waals surface area contributed by atoms with E-state index in [1.54, 1.807) is 0 Å². The SMILES string of the molecule is [Cl-].[NH3+]CCc1c[nH]c2cc(Br)ccc12. The van der Waals surface area contributed by atoms with Crippen LogP contribution in [0.15, 0.2) is 28.9 Å². The molecule has 0 aliphatic carbocycles. The molecule has 14 heavy (non-hydrogen) atoms. The van der Waals surface area contributed by atoms with Gasteiger partial charge in [0.2, 0.25) is 0 Å². The molecule has 0 fully saturated rings. The molecule has 1 aromatic carbocycles. The Bertz CT molecular complexity index is 425. The van der Waals surface area contributed by atoms with E-state index in [1.807, 2.05) is 0 Å². The monoisotopic (exact) mass is 274 g/mol. The predicted molar refractivity (Wildman–Crippen MR) is 57.5 cm³/mol. The third kappa shape index (κ3) is 2.11. The molecule has 0 spiro atoms. The molecule has 2 aromatic rings. The number of rotatable bonds is 2. The number of hydrogen-bond acceptors (Lipinski definition) is 0. The van der Waals surface area contributed by atoms with Crippen molar-refractivity contribution >= 4 is 26.8 Å². The summed E-state index contributed by atoms with van der Waals surface area (Å²) in [6.45, 7) is 0.947. The van der Waals surface area contributed by atoms with Gasteiger partial charge < -0.3 is 23.1 Å². The van der Waals surface area contributed by atoms with Crippen molar-refractivity contribution in [2.24, 2.45) is 0 Å². The second-order valence-corrected chi connectivity index (χ2v) is 4.02. The third-order valence-electron chi connectivity index (χ3n) is 2.18. The minimum atomic E-state index is 0. The number of hydrogen-bond donors (Lipinski definition) is 2. The van der Waals surface area contributed by atoms with Crippen molar-refractivity contribution < 1.29 is 18.1 Å². The number of aromatic amines is 1. The highest BCUT2D eigenvalue weighted by molar-refractivity contribution is 9.10. The summed E-state index contributed by atoms with van der Waals surface area (Å²) in [5.74, 6) is 0. The fourth-order valence-corrected chi connectivity index (χ4v) is 1.92. The summed E-state index contributed by atoms with van der Waals surface area (Å²) in [4.78, 5) is 3.26. The van der Waals surface area contributed by atoms with Crippen LogP contribution in [0.4, 0.5) is 0 Å². The number of H-pyrrole nitrogens is 1. The normalized spacial score (nSPS) is 10.1. The zero-order valence-corrected chi connectivity index (χ0v) is 10.0. The molecule has 2 nitrogen and oxygen atoms in total. The van der Waals surface area contributed by atoms with E-state index >= 15 is 0 Å². The maximum absolute atomic E-state index is 3.86. The highest BCUT2D eigenvalue weighted by atomic mass is 79.9. The van der Waals surface area contributed by atoms with Crippen LogP contribution in [-0.2, 0) is 6.42 Å². The number of aromatic nitrogens is 1. The number of fused-ring (bicyclic) bond motifs is 1. The van der Waals surface area contributed by atoms with Gasteiger partial charge in [-0.15, -0.1) is 0 Å². The zero-order valence-electron chi connectivity index (χ0n) is 7.69. The molecule has 0 bridgehead atoms. The quantitative estimate of drug-likeness (QED) is 0.686. The van der Waals surface area contributed by atoms with Gasteiger partial charge in [-0.2, -0.15) is 0 Å². The first-order chi connectivity index (χ1) is 6.31. The predicted octanol–water partition coefficient (Wildman–Crippen LogP) is -1.28. The van der Waals surface area contributed by atoms with Crippen molar-refractivity contribution in [1.29, 1.82) is 0 Å². The first kappa shape index (κ1) is 11.6. The van der Waals surface area contributed by atoms with Gasteiger partial charge >= 0.3 is 0 Å². The van der Waals surface area contributed by atoms with Crippen LogP contribution < -0.4 is 18.1 Å². The van der Waals surface area contributed by atoms with Crippen LogP contribution in [0, 0.1) is 0 Å². The molecule has 4 heteroatoms. The summed E-state index contributed by atoms with van der Waals surface area (Å²) in [6, 6.07) is 6.31. The van der Waals surface area contributed by atoms with E-state index in [0.29, 0.717) is 0 Å². The molecule has 1 aromatic heterocycles. The largest absolute Gasteiger partial charge is 1.00 e. The van der Waals surface area contributed by atoms with Gasteiger partial charge in [0.05, 0.1) is 6.54 Å². The van der Waals surface area contributed by atoms with Gasteiger partial charge in [0.25, 0.3) is 0 Å². The summed E-state index contributed by atoms with van der Waals surface area (Å²) >= 11 is 3.45. The first-order valence-electron chi connectivity index (χ1n) is 4.36. The standard InChI is InChI=1S/C10H11BrN2.ClH/c11-8-1-2-9-7(3-4-12)6-13-10(9)5-8;/h1-2,5-6,13H,3-4,12H2;1H. The molecule has 0 radical (unpaired) electrons. The fourth-order valence-electron chi connectivity index (χ4n) is 1.56. The van der Waals surface area contributed by atoms with Crippen LogP contribution in [0.5, 0.6) is 0 Å². The van der Waals surface area contributed by atoms with Gasteiger partial charge in [0, 0.05) is 28.0 Å². The van der Waals surface area contributed by atoms with Crippen LogP contribution in [0.3, 0.4) is 0 Å². The van der Waals surface area contributed by atoms with Crippen molar-refractivity contribution in [3.63, 3.8) is 0 Å². The Hall–Kier alpha value is -0.510. The molecule has 4 N–H and O–H groups in total. The van der Waals surface area contributed by atoms with Crippen LogP contribution >= 0.6 is 15.9 Å². The highest BCUT2D eigenvalue weighted by Crippen LogP contribution is 2.22. The van der Waals surface area contributed by atoms with Gasteiger partial charge in [0.15, 0.2) is 0 Å². The summed E-state index contributed by atoms with van der Waals surface area (Å²) < 4.78 is 1.11. The summed E-state index contributed by atoms with van der Waals surface area (Å²) in [6.07, 6.45) is 3.11. The smallest absolute Gasteiger partial charge is 0.0781 e. The number of nitrogens with one attached hydrogen (secondary N) is 1. The summed E-state index contributed by atoms with van der Waals surface area (Å²) in [7, 11) is 0. The zero-order chi connectivity index (χ0) is 9.26. The molecule has 1 heterocycles. The van der Waals surface area contributed by atoms with Gasteiger partial charge in [-0.1, -0.05) is 22.0 Å². The van der Waals surface area contributed by atoms with Gasteiger partial charge in [-0.3, -0.25) is 0 Å². The van der Waals surface area contributed by atoms with Crippen molar-refractivity contribution in [2.45, 2.75) is 6.42 Å². The fraction of sp³-hybridized carbons (Fsp3) is 0.200. The molecule has 0 amide bonds. The lowest BCUT2D eigenvalue weighted by Gasteiger charge is -1.94. The Morgan fingerprint density at radius 3 is 2.86 bits per heavy atom. The Morgan fingerprint density at radius 1 is 1.36 bits per heavy atom. The van der Waals surface area contributed by atoms with Gasteiger partial charge in [0.1, 0.15) is 0 Å². The van der Waals surface area contributed by atoms with Crippen molar-refractivity contribution in [1.82, 2.24) is 4.98 Å². The average molecular weight is 276 g/mol. The van der Waals surface area contributed by atoms with E-state index in [-0.39, 0.29) is 12.4 Å². The molecule has 0 unspecified atom stereocenters. The van der Waals surface area contributed by atoms with Crippen molar-refractivity contribution in [3.05, 3.63) is 34.4 Å². The van der Waals surface area contributed by atoms with E-state index in [2.05, 4.69) is 51.0 Å². The lowest BCUT2D eigenvalue weighted by atomic mass is 10.1. The van der Waals surface area contributed by atoms with Crippen LogP contribution in [-0.4, -0.2) is 11.5 Å². The number of benzene rings is 1. The topological polar surface area (TPSA) is 43.4 Å². The molecule has 0 aliphatic rings. The summed E-state index contributed by atoms with van der Waals surface area (Å²) in [5.41, 5.74) is 6.41. The summed E-state index contributed by atoms with van der Waals surface area (Å²) in [5, 5.41) is 1.31. The molecule has 76 valence electrons. The van der Waals surface area contributed by atoms with E-state index in [4.69, 9.17) is 0 Å². The Balaban J connectivity index is 0.000000980. The Morgan fingerprint density at radius 2 is 2.14 bits per heavy atom. The molecular weight excluding hydrogens is 263 g/mol. The maximum atomic E-state index is 3.86. The average Bonchev–Trinajstić information content (AvgIpc) is 2.49. The minimum Gasteiger partial charge on any atom is -1.00 e. The van der Waals surface area contributed by atoms with Crippen molar-refractivity contribution in [3.8, 4) is 0 Å². The molecule has 0 saturated carbocycles. The second kappa shape index (κ2) is 4.82. The third-order valence-corrected chi connectivity index (χ3v) is 2.67. The van der Waals surface area contributed by atoms with Crippen molar-refractivity contribution in [2.75, 3.05) is 6.54 Å². The maximum Gasteiger partial charge on any atom is 0.0781 e. The van der Waals surface area contributed by atoms with E-state index in [0.717, 1.165) is 17.4 Å². The molecule has 2 rings (SSSR count). The van der Waals surface area contributed by atoms with Crippen LogP contribution in [0.2, 0.25) is 0 Å². The van der Waals surface area contributed by atoms with Crippen LogP contribution in [0.25, 0.3) is 10.9 Å². The lowest BCUT2D eigenvalue weighted by molar-refractivity contribution is -0.366. The first-order valence-corrected chi connectivity index (χ1v) is 5.15. The molecule has 0 saturated heterocycles. The Kier molecular flexibility index (Phi) is 3.98. The minimum absolute atomic E-state index is 0. The number of quaternary nitrogens is 1.